The number of aryl methyl sites for hydroxylation is 2. The fourth-order valence-electron chi connectivity index (χ4n) is 2.87. The molecule has 27 heavy (non-hydrogen) atoms. The molecule has 0 bridgehead atoms. The number of pyridine rings is 1. The molecule has 0 radical (unpaired) electrons. The summed E-state index contributed by atoms with van der Waals surface area (Å²) in [5.41, 5.74) is 3.62. The molecule has 1 fully saturated rings. The van der Waals surface area contributed by atoms with Gasteiger partial charge in [0.05, 0.1) is 17.2 Å². The zero-order valence-electron chi connectivity index (χ0n) is 15.1. The number of nitrogens with one attached hydrogen (secondary N) is 2. The van der Waals surface area contributed by atoms with Crippen LogP contribution in [0.5, 0.6) is 0 Å². The van der Waals surface area contributed by atoms with E-state index in [0.29, 0.717) is 23.0 Å². The minimum Gasteiger partial charge on any atom is -0.293 e. The van der Waals surface area contributed by atoms with Crippen molar-refractivity contribution in [1.82, 2.24) is 19.5 Å². The summed E-state index contributed by atoms with van der Waals surface area (Å²) >= 11 is 1.60. The molecule has 3 aromatic rings. The standard InChI is InChI=1S/C20H19N5OS/c1-12-9-18(22-11-17(12)27-24-16-7-8-16)25-20(26)19(13(2)23-25)15-5-3-14(10-21)4-6-15/h3-6,9,11,16,23-24H,7-8H2,1-2H3. The zero-order valence-corrected chi connectivity index (χ0v) is 15.9. The molecule has 1 aromatic carbocycles. The van der Waals surface area contributed by atoms with Gasteiger partial charge in [0.2, 0.25) is 0 Å². The first-order chi connectivity index (χ1) is 13.1. The first kappa shape index (κ1) is 17.6. The van der Waals surface area contributed by atoms with Crippen molar-refractivity contribution < 1.29 is 0 Å². The molecular weight excluding hydrogens is 358 g/mol. The third kappa shape index (κ3) is 3.54. The van der Waals surface area contributed by atoms with E-state index in [1.807, 2.05) is 19.9 Å². The fraction of sp³-hybridized carbons (Fsp3) is 0.250. The molecule has 2 aromatic heterocycles. The second kappa shape index (κ2) is 7.06. The van der Waals surface area contributed by atoms with Gasteiger partial charge in [-0.2, -0.15) is 5.26 Å². The molecule has 1 saturated carbocycles. The van der Waals surface area contributed by atoms with E-state index in [2.05, 4.69) is 20.9 Å². The van der Waals surface area contributed by atoms with Crippen molar-refractivity contribution in [3.8, 4) is 23.0 Å². The van der Waals surface area contributed by atoms with Crippen LogP contribution in [0, 0.1) is 25.2 Å². The Kier molecular flexibility index (Phi) is 4.60. The Labute approximate surface area is 161 Å². The predicted molar refractivity (Wildman–Crippen MR) is 106 cm³/mol. The third-order valence-corrected chi connectivity index (χ3v) is 5.66. The molecule has 1 aliphatic carbocycles. The lowest BCUT2D eigenvalue weighted by atomic mass is 10.1. The monoisotopic (exact) mass is 377 g/mol. The number of nitriles is 1. The first-order valence-corrected chi connectivity index (χ1v) is 9.60. The zero-order chi connectivity index (χ0) is 19.0. The minimum absolute atomic E-state index is 0.152. The van der Waals surface area contributed by atoms with Crippen molar-refractivity contribution in [1.29, 1.82) is 5.26 Å². The smallest absolute Gasteiger partial charge is 0.280 e. The van der Waals surface area contributed by atoms with Gasteiger partial charge < -0.3 is 0 Å². The normalized spacial score (nSPS) is 13.5. The highest BCUT2D eigenvalue weighted by atomic mass is 32.2. The quantitative estimate of drug-likeness (QED) is 0.665. The number of aromatic nitrogens is 3. The van der Waals surface area contributed by atoms with Gasteiger partial charge in [0.15, 0.2) is 5.82 Å². The van der Waals surface area contributed by atoms with Crippen LogP contribution in [0.15, 0.2) is 46.2 Å². The summed E-state index contributed by atoms with van der Waals surface area (Å²) in [6, 6.07) is 11.6. The number of H-pyrrole nitrogens is 1. The van der Waals surface area contributed by atoms with E-state index in [-0.39, 0.29) is 5.56 Å². The van der Waals surface area contributed by atoms with E-state index in [0.717, 1.165) is 21.7 Å². The highest BCUT2D eigenvalue weighted by Crippen LogP contribution is 2.27. The van der Waals surface area contributed by atoms with Crippen LogP contribution in [0.1, 0.15) is 29.7 Å². The van der Waals surface area contributed by atoms with Gasteiger partial charge in [-0.15, -0.1) is 0 Å². The summed E-state index contributed by atoms with van der Waals surface area (Å²) in [7, 11) is 0. The summed E-state index contributed by atoms with van der Waals surface area (Å²) in [6.07, 6.45) is 4.26. The maximum Gasteiger partial charge on any atom is 0.280 e. The van der Waals surface area contributed by atoms with E-state index >= 15 is 0 Å². The molecular formula is C20H19N5OS. The molecule has 0 spiro atoms. The molecule has 1 aliphatic rings. The average molecular weight is 377 g/mol. The predicted octanol–water partition coefficient (Wildman–Crippen LogP) is 3.48. The van der Waals surface area contributed by atoms with Crippen molar-refractivity contribution in [2.75, 3.05) is 0 Å². The van der Waals surface area contributed by atoms with E-state index in [4.69, 9.17) is 5.26 Å². The fourth-order valence-corrected chi connectivity index (χ4v) is 3.72. The molecule has 2 N–H and O–H groups in total. The van der Waals surface area contributed by atoms with Crippen molar-refractivity contribution in [3.63, 3.8) is 0 Å². The van der Waals surface area contributed by atoms with Crippen molar-refractivity contribution in [3.05, 3.63) is 63.7 Å². The minimum atomic E-state index is -0.152. The van der Waals surface area contributed by atoms with Gasteiger partial charge in [-0.25, -0.2) is 9.67 Å². The highest BCUT2D eigenvalue weighted by molar-refractivity contribution is 7.97. The van der Waals surface area contributed by atoms with Crippen LogP contribution < -0.4 is 10.3 Å². The topological polar surface area (TPSA) is 86.5 Å². The summed E-state index contributed by atoms with van der Waals surface area (Å²) in [5.74, 6) is 0.566. The molecule has 4 rings (SSSR count). The van der Waals surface area contributed by atoms with Crippen molar-refractivity contribution >= 4 is 11.9 Å². The largest absolute Gasteiger partial charge is 0.293 e. The van der Waals surface area contributed by atoms with Gasteiger partial charge in [-0.05, 0) is 68.0 Å². The summed E-state index contributed by atoms with van der Waals surface area (Å²) in [5, 5.41) is 12.1. The maximum atomic E-state index is 13.0. The Balaban J connectivity index is 1.67. The SMILES string of the molecule is Cc1cc(-n2[nH]c(C)c(-c3ccc(C#N)cc3)c2=O)ncc1SNC1CC1. The van der Waals surface area contributed by atoms with Crippen LogP contribution in [0.4, 0.5) is 0 Å². The van der Waals surface area contributed by atoms with Crippen molar-refractivity contribution in [2.45, 2.75) is 37.6 Å². The maximum absolute atomic E-state index is 13.0. The number of aromatic amines is 1. The molecule has 0 atom stereocenters. The lowest BCUT2D eigenvalue weighted by Crippen LogP contribution is -2.17. The van der Waals surface area contributed by atoms with E-state index in [9.17, 15) is 4.79 Å². The number of hydrogen-bond acceptors (Lipinski definition) is 5. The molecule has 6 nitrogen and oxygen atoms in total. The van der Waals surface area contributed by atoms with Gasteiger partial charge in [-0.3, -0.25) is 14.6 Å². The number of rotatable bonds is 5. The Hall–Kier alpha value is -2.82. The third-order valence-electron chi connectivity index (χ3n) is 4.56. The van der Waals surface area contributed by atoms with E-state index in [1.54, 1.807) is 42.4 Å². The van der Waals surface area contributed by atoms with Crippen LogP contribution in [-0.4, -0.2) is 20.8 Å². The van der Waals surface area contributed by atoms with Gasteiger partial charge in [0.25, 0.3) is 5.56 Å². The lowest BCUT2D eigenvalue weighted by molar-refractivity contribution is 0.801. The summed E-state index contributed by atoms with van der Waals surface area (Å²) in [6.45, 7) is 3.88. The van der Waals surface area contributed by atoms with Crippen LogP contribution in [0.3, 0.4) is 0 Å². The lowest BCUT2D eigenvalue weighted by Gasteiger charge is -2.08. The Morgan fingerprint density at radius 3 is 2.67 bits per heavy atom. The van der Waals surface area contributed by atoms with Crippen LogP contribution in [0.2, 0.25) is 0 Å². The second-order valence-electron chi connectivity index (χ2n) is 6.74. The van der Waals surface area contributed by atoms with Gasteiger partial charge in [-0.1, -0.05) is 12.1 Å². The molecule has 0 saturated heterocycles. The molecule has 2 heterocycles. The Morgan fingerprint density at radius 2 is 2.04 bits per heavy atom. The van der Waals surface area contributed by atoms with Crippen LogP contribution >= 0.6 is 11.9 Å². The summed E-state index contributed by atoms with van der Waals surface area (Å²) in [4.78, 5) is 18.5. The molecule has 0 unspecified atom stereocenters. The van der Waals surface area contributed by atoms with Crippen LogP contribution in [0.25, 0.3) is 16.9 Å². The summed E-state index contributed by atoms with van der Waals surface area (Å²) < 4.78 is 4.88. The molecule has 0 amide bonds. The Bertz CT molecular complexity index is 1090. The highest BCUT2D eigenvalue weighted by Gasteiger charge is 2.21. The number of benzene rings is 1. The molecule has 7 heteroatoms. The van der Waals surface area contributed by atoms with Gasteiger partial charge >= 0.3 is 0 Å². The molecule has 136 valence electrons. The van der Waals surface area contributed by atoms with E-state index < -0.39 is 0 Å². The van der Waals surface area contributed by atoms with Gasteiger partial charge in [0.1, 0.15) is 0 Å². The van der Waals surface area contributed by atoms with Crippen molar-refractivity contribution in [2.24, 2.45) is 0 Å². The number of hydrogen-bond donors (Lipinski definition) is 2. The first-order valence-electron chi connectivity index (χ1n) is 8.78. The second-order valence-corrected chi connectivity index (χ2v) is 7.62. The number of nitrogens with zero attached hydrogens (tertiary/aromatic N) is 3. The molecule has 0 aliphatic heterocycles. The van der Waals surface area contributed by atoms with Gasteiger partial charge in [0, 0.05) is 22.8 Å². The van der Waals surface area contributed by atoms with E-state index in [1.165, 1.54) is 17.5 Å². The average Bonchev–Trinajstić information content (AvgIpc) is 3.45. The van der Waals surface area contributed by atoms with Crippen LogP contribution in [-0.2, 0) is 0 Å². The Morgan fingerprint density at radius 1 is 1.30 bits per heavy atom.